The molecule has 0 saturated carbocycles. The van der Waals surface area contributed by atoms with Crippen LogP contribution in [0.5, 0.6) is 5.75 Å². The second-order valence-electron chi connectivity index (χ2n) is 4.74. The third-order valence-electron chi connectivity index (χ3n) is 3.04. The molecule has 1 amide bonds. The molecule has 0 aliphatic carbocycles. The van der Waals surface area contributed by atoms with E-state index in [1.807, 2.05) is 13.8 Å². The highest BCUT2D eigenvalue weighted by Gasteiger charge is 2.12. The fourth-order valence-corrected chi connectivity index (χ4v) is 1.51. The lowest BCUT2D eigenvalue weighted by atomic mass is 10.1. The Kier molecular flexibility index (Phi) is 6.81. The Morgan fingerprint density at radius 3 is 2.48 bits per heavy atom. The molecule has 21 heavy (non-hydrogen) atoms. The lowest BCUT2D eigenvalue weighted by molar-refractivity contribution is -0.117. The SMILES string of the molecule is CC(CO)C(C)NC(=O)/C=C/c1ccc(OC(F)F)cc1. The summed E-state index contributed by atoms with van der Waals surface area (Å²) in [6.07, 6.45) is 2.92. The fourth-order valence-electron chi connectivity index (χ4n) is 1.51. The fraction of sp³-hybridized carbons (Fsp3) is 0.400. The molecule has 0 fully saturated rings. The van der Waals surface area contributed by atoms with Gasteiger partial charge in [0, 0.05) is 18.7 Å². The van der Waals surface area contributed by atoms with Gasteiger partial charge in [0.25, 0.3) is 0 Å². The molecule has 2 N–H and O–H groups in total. The molecular weight excluding hydrogens is 280 g/mol. The summed E-state index contributed by atoms with van der Waals surface area (Å²) in [6, 6.07) is 5.80. The van der Waals surface area contributed by atoms with Crippen molar-refractivity contribution in [2.24, 2.45) is 5.92 Å². The van der Waals surface area contributed by atoms with Gasteiger partial charge in [0.2, 0.25) is 5.91 Å². The number of alkyl halides is 2. The Bertz CT molecular complexity index is 474. The van der Waals surface area contributed by atoms with Gasteiger partial charge in [-0.2, -0.15) is 8.78 Å². The summed E-state index contributed by atoms with van der Waals surface area (Å²) in [7, 11) is 0. The first kappa shape index (κ1) is 17.1. The first-order valence-electron chi connectivity index (χ1n) is 6.56. The monoisotopic (exact) mass is 299 g/mol. The number of aliphatic hydroxyl groups excluding tert-OH is 1. The Morgan fingerprint density at radius 1 is 1.33 bits per heavy atom. The van der Waals surface area contributed by atoms with E-state index in [2.05, 4.69) is 10.1 Å². The van der Waals surface area contributed by atoms with Gasteiger partial charge in [-0.3, -0.25) is 4.79 Å². The van der Waals surface area contributed by atoms with Crippen molar-refractivity contribution in [2.75, 3.05) is 6.61 Å². The van der Waals surface area contributed by atoms with Gasteiger partial charge in [-0.15, -0.1) is 0 Å². The standard InChI is InChI=1S/C15H19F2NO3/c1-10(9-19)11(2)18-14(20)8-5-12-3-6-13(7-4-12)21-15(16)17/h3-8,10-11,15,19H,9H2,1-2H3,(H,18,20)/b8-5+. The summed E-state index contributed by atoms with van der Waals surface area (Å²) in [4.78, 5) is 11.7. The van der Waals surface area contributed by atoms with Crippen LogP contribution in [0.2, 0.25) is 0 Å². The molecule has 4 nitrogen and oxygen atoms in total. The van der Waals surface area contributed by atoms with Crippen molar-refractivity contribution in [3.63, 3.8) is 0 Å². The number of carbonyl (C=O) groups is 1. The van der Waals surface area contributed by atoms with E-state index < -0.39 is 6.61 Å². The number of ether oxygens (including phenoxy) is 1. The van der Waals surface area contributed by atoms with E-state index in [4.69, 9.17) is 5.11 Å². The van der Waals surface area contributed by atoms with Crippen molar-refractivity contribution in [1.29, 1.82) is 0 Å². The zero-order valence-corrected chi connectivity index (χ0v) is 11.9. The second-order valence-corrected chi connectivity index (χ2v) is 4.74. The van der Waals surface area contributed by atoms with E-state index in [0.717, 1.165) is 0 Å². The summed E-state index contributed by atoms with van der Waals surface area (Å²) in [5.41, 5.74) is 0.689. The molecule has 0 aliphatic rings. The van der Waals surface area contributed by atoms with E-state index in [-0.39, 0.29) is 30.2 Å². The number of amides is 1. The van der Waals surface area contributed by atoms with Gasteiger partial charge in [0.15, 0.2) is 0 Å². The van der Waals surface area contributed by atoms with Crippen molar-refractivity contribution >= 4 is 12.0 Å². The molecule has 0 radical (unpaired) electrons. The molecule has 2 atom stereocenters. The maximum atomic E-state index is 12.0. The van der Waals surface area contributed by atoms with Crippen LogP contribution in [0.4, 0.5) is 8.78 Å². The zero-order valence-electron chi connectivity index (χ0n) is 11.9. The van der Waals surface area contributed by atoms with E-state index in [0.29, 0.717) is 5.56 Å². The first-order valence-corrected chi connectivity index (χ1v) is 6.56. The van der Waals surface area contributed by atoms with Crippen LogP contribution in [0.3, 0.4) is 0 Å². The van der Waals surface area contributed by atoms with Gasteiger partial charge in [-0.25, -0.2) is 0 Å². The number of rotatable bonds is 7. The smallest absolute Gasteiger partial charge is 0.387 e. The minimum Gasteiger partial charge on any atom is -0.435 e. The van der Waals surface area contributed by atoms with Crippen LogP contribution in [-0.2, 0) is 4.79 Å². The Morgan fingerprint density at radius 2 is 1.95 bits per heavy atom. The third kappa shape index (κ3) is 6.35. The zero-order chi connectivity index (χ0) is 15.8. The quantitative estimate of drug-likeness (QED) is 0.760. The predicted octanol–water partition coefficient (Wildman–Crippen LogP) is 2.43. The van der Waals surface area contributed by atoms with Crippen molar-refractivity contribution in [3.05, 3.63) is 35.9 Å². The lowest BCUT2D eigenvalue weighted by Gasteiger charge is -2.18. The molecule has 0 spiro atoms. The van der Waals surface area contributed by atoms with Gasteiger partial charge >= 0.3 is 6.61 Å². The first-order chi connectivity index (χ1) is 9.92. The molecule has 1 aromatic rings. The summed E-state index contributed by atoms with van der Waals surface area (Å²) in [5, 5.41) is 11.7. The van der Waals surface area contributed by atoms with Crippen LogP contribution < -0.4 is 10.1 Å². The van der Waals surface area contributed by atoms with Crippen LogP contribution in [0.1, 0.15) is 19.4 Å². The lowest BCUT2D eigenvalue weighted by Crippen LogP contribution is -2.37. The molecule has 6 heteroatoms. The molecule has 0 bridgehead atoms. The maximum Gasteiger partial charge on any atom is 0.387 e. The highest BCUT2D eigenvalue weighted by atomic mass is 19.3. The average Bonchev–Trinajstić information content (AvgIpc) is 2.45. The molecule has 1 aromatic carbocycles. The van der Waals surface area contributed by atoms with Gasteiger partial charge < -0.3 is 15.2 Å². The van der Waals surface area contributed by atoms with E-state index >= 15 is 0 Å². The number of benzene rings is 1. The summed E-state index contributed by atoms with van der Waals surface area (Å²) < 4.78 is 28.2. The van der Waals surface area contributed by atoms with Crippen LogP contribution in [0, 0.1) is 5.92 Å². The highest BCUT2D eigenvalue weighted by molar-refractivity contribution is 5.91. The largest absolute Gasteiger partial charge is 0.435 e. The summed E-state index contributed by atoms with van der Waals surface area (Å²) in [6.45, 7) is 0.781. The van der Waals surface area contributed by atoms with E-state index in [1.54, 1.807) is 18.2 Å². The minimum atomic E-state index is -2.85. The number of nitrogens with one attached hydrogen (secondary N) is 1. The molecule has 116 valence electrons. The van der Waals surface area contributed by atoms with Crippen LogP contribution in [0.25, 0.3) is 6.08 Å². The molecule has 0 heterocycles. The second kappa shape index (κ2) is 8.36. The molecule has 0 saturated heterocycles. The molecular formula is C15H19F2NO3. The summed E-state index contributed by atoms with van der Waals surface area (Å²) >= 11 is 0. The van der Waals surface area contributed by atoms with Gasteiger partial charge in [0.05, 0.1) is 0 Å². The maximum absolute atomic E-state index is 12.0. The van der Waals surface area contributed by atoms with Crippen molar-refractivity contribution in [1.82, 2.24) is 5.32 Å². The number of hydrogen-bond donors (Lipinski definition) is 2. The Balaban J connectivity index is 2.54. The number of carbonyl (C=O) groups excluding carboxylic acids is 1. The van der Waals surface area contributed by atoms with Crippen molar-refractivity contribution in [3.8, 4) is 5.75 Å². The topological polar surface area (TPSA) is 58.6 Å². The van der Waals surface area contributed by atoms with Crippen LogP contribution in [0.15, 0.2) is 30.3 Å². The average molecular weight is 299 g/mol. The number of halogens is 2. The van der Waals surface area contributed by atoms with E-state index in [1.165, 1.54) is 18.2 Å². The van der Waals surface area contributed by atoms with Gasteiger partial charge in [-0.05, 0) is 36.6 Å². The summed E-state index contributed by atoms with van der Waals surface area (Å²) in [5.74, 6) is -0.249. The van der Waals surface area contributed by atoms with Gasteiger partial charge in [0.1, 0.15) is 5.75 Å². The molecule has 2 unspecified atom stereocenters. The number of hydrogen-bond acceptors (Lipinski definition) is 3. The molecule has 0 aromatic heterocycles. The van der Waals surface area contributed by atoms with Crippen molar-refractivity contribution in [2.45, 2.75) is 26.5 Å². The molecule has 1 rings (SSSR count). The minimum absolute atomic E-state index is 0.00321. The Hall–Kier alpha value is -1.95. The number of aliphatic hydroxyl groups is 1. The normalized spacial score (nSPS) is 14.2. The van der Waals surface area contributed by atoms with Crippen LogP contribution in [-0.4, -0.2) is 30.3 Å². The predicted molar refractivity (Wildman–Crippen MR) is 76.0 cm³/mol. The van der Waals surface area contributed by atoms with Crippen molar-refractivity contribution < 1.29 is 23.4 Å². The highest BCUT2D eigenvalue weighted by Crippen LogP contribution is 2.15. The third-order valence-corrected chi connectivity index (χ3v) is 3.04. The Labute approximate surface area is 122 Å². The van der Waals surface area contributed by atoms with Crippen LogP contribution >= 0.6 is 0 Å². The van der Waals surface area contributed by atoms with E-state index in [9.17, 15) is 13.6 Å². The molecule has 0 aliphatic heterocycles. The van der Waals surface area contributed by atoms with Gasteiger partial charge in [-0.1, -0.05) is 19.1 Å².